The summed E-state index contributed by atoms with van der Waals surface area (Å²) in [6, 6.07) is 8.29. The molecule has 0 amide bonds. The number of aromatic nitrogens is 3. The van der Waals surface area contributed by atoms with E-state index in [1.165, 1.54) is 74.8 Å². The highest BCUT2D eigenvalue weighted by molar-refractivity contribution is 7.02. The molecule has 0 aromatic carbocycles. The Kier molecular flexibility index (Phi) is 11.4. The highest BCUT2D eigenvalue weighted by Crippen LogP contribution is 2.42. The van der Waals surface area contributed by atoms with E-state index in [0.717, 1.165) is 5.95 Å². The molecule has 1 aromatic heterocycles. The van der Waals surface area contributed by atoms with Gasteiger partial charge in [0, 0.05) is 0 Å². The van der Waals surface area contributed by atoms with Crippen LogP contribution in [-0.2, 0) is 0 Å². The van der Waals surface area contributed by atoms with Crippen molar-refractivity contribution in [3.63, 3.8) is 0 Å². The molecular weight excluding hydrogens is 364 g/mol. The minimum absolute atomic E-state index is 1.02. The molecule has 0 spiro atoms. The number of nitrogens with zero attached hydrogens (tertiary/aromatic N) is 4. The number of anilines is 1. The van der Waals surface area contributed by atoms with Crippen LogP contribution in [0.1, 0.15) is 80.1 Å². The fourth-order valence-electron chi connectivity index (χ4n) is 5.49. The normalized spacial score (nSPS) is 12.4. The van der Waals surface area contributed by atoms with Gasteiger partial charge in [-0.3, -0.25) is 0 Å². The van der Waals surface area contributed by atoms with Crippen molar-refractivity contribution in [1.82, 2.24) is 15.0 Å². The molecule has 0 atom stereocenters. The van der Waals surface area contributed by atoms with Crippen LogP contribution in [-0.4, -0.2) is 31.4 Å². The van der Waals surface area contributed by atoms with E-state index < -0.39 is 16.5 Å². The molecule has 0 aliphatic carbocycles. The number of hydrogen-bond acceptors (Lipinski definition) is 4. The Morgan fingerprint density at radius 1 is 0.593 bits per heavy atom. The maximum Gasteiger partial charge on any atom is 0.211 e. The molecule has 1 aromatic rings. The zero-order valence-corrected chi connectivity index (χ0v) is 20.9. The van der Waals surface area contributed by atoms with E-state index in [0.29, 0.717) is 0 Å². The van der Waals surface area contributed by atoms with Gasteiger partial charge in [0.1, 0.15) is 12.7 Å². The third kappa shape index (κ3) is 6.11. The first-order valence-electron chi connectivity index (χ1n) is 11.5. The standard InChI is InChI=1S/C21H44N4Si2/c1-7-13-26(14-8-2,15-9-3)25(21-23-19-22-20-24-21)27(16-10-4,17-11-5)18-12-6/h19-20H,7-18H2,1-6H3. The van der Waals surface area contributed by atoms with Crippen molar-refractivity contribution in [2.24, 2.45) is 0 Å². The van der Waals surface area contributed by atoms with Crippen LogP contribution in [0.15, 0.2) is 12.7 Å². The first kappa shape index (κ1) is 24.3. The van der Waals surface area contributed by atoms with E-state index in [4.69, 9.17) is 9.97 Å². The van der Waals surface area contributed by atoms with Gasteiger partial charge in [-0.1, -0.05) is 80.1 Å². The summed E-state index contributed by atoms with van der Waals surface area (Å²) in [7, 11) is -3.34. The van der Waals surface area contributed by atoms with Gasteiger partial charge in [-0.25, -0.2) is 15.0 Å². The van der Waals surface area contributed by atoms with Crippen molar-refractivity contribution < 1.29 is 0 Å². The lowest BCUT2D eigenvalue weighted by Gasteiger charge is -2.54. The van der Waals surface area contributed by atoms with Gasteiger partial charge >= 0.3 is 0 Å². The molecular formula is C21H44N4Si2. The van der Waals surface area contributed by atoms with E-state index in [1.54, 1.807) is 12.7 Å². The third-order valence-corrected chi connectivity index (χ3v) is 19.6. The molecule has 0 aliphatic heterocycles. The van der Waals surface area contributed by atoms with Crippen LogP contribution in [0, 0.1) is 0 Å². The van der Waals surface area contributed by atoms with Gasteiger partial charge < -0.3 is 4.23 Å². The summed E-state index contributed by atoms with van der Waals surface area (Å²) in [6.45, 7) is 14.3. The van der Waals surface area contributed by atoms with Gasteiger partial charge in [0.25, 0.3) is 0 Å². The summed E-state index contributed by atoms with van der Waals surface area (Å²) in [5.74, 6) is 1.02. The van der Waals surface area contributed by atoms with Crippen molar-refractivity contribution >= 4 is 22.4 Å². The van der Waals surface area contributed by atoms with Crippen LogP contribution in [0.3, 0.4) is 0 Å². The predicted molar refractivity (Wildman–Crippen MR) is 124 cm³/mol. The smallest absolute Gasteiger partial charge is 0.211 e. The van der Waals surface area contributed by atoms with E-state index >= 15 is 0 Å². The second kappa shape index (κ2) is 12.7. The van der Waals surface area contributed by atoms with Crippen molar-refractivity contribution in [2.45, 2.75) is 116 Å². The fraction of sp³-hybridized carbons (Fsp3) is 0.857. The van der Waals surface area contributed by atoms with Gasteiger partial charge in [-0.15, -0.1) is 0 Å². The first-order valence-corrected chi connectivity index (χ1v) is 16.7. The lowest BCUT2D eigenvalue weighted by atomic mass is 10.5. The minimum Gasteiger partial charge on any atom is -0.393 e. The largest absolute Gasteiger partial charge is 0.393 e. The van der Waals surface area contributed by atoms with E-state index in [-0.39, 0.29) is 0 Å². The Hall–Kier alpha value is -0.756. The summed E-state index contributed by atoms with van der Waals surface area (Å²) in [5, 5.41) is 0. The maximum atomic E-state index is 4.78. The molecule has 6 heteroatoms. The van der Waals surface area contributed by atoms with Crippen molar-refractivity contribution in [1.29, 1.82) is 0 Å². The molecule has 4 nitrogen and oxygen atoms in total. The molecule has 0 saturated heterocycles. The lowest BCUT2D eigenvalue weighted by molar-refractivity contribution is 0.860. The summed E-state index contributed by atoms with van der Waals surface area (Å²) < 4.78 is 2.99. The molecule has 0 N–H and O–H groups in total. The Morgan fingerprint density at radius 3 is 1.15 bits per heavy atom. The van der Waals surface area contributed by atoms with Crippen LogP contribution in [0.25, 0.3) is 0 Å². The SMILES string of the molecule is CCC[Si](CCC)(CCC)N(c1ncncn1)[Si](CCC)(CCC)CCC. The fourth-order valence-corrected chi connectivity index (χ4v) is 21.0. The quantitative estimate of drug-likeness (QED) is 0.292. The van der Waals surface area contributed by atoms with Gasteiger partial charge in [-0.05, 0) is 36.3 Å². The van der Waals surface area contributed by atoms with E-state index in [9.17, 15) is 0 Å². The van der Waals surface area contributed by atoms with Gasteiger partial charge in [0.2, 0.25) is 5.95 Å². The predicted octanol–water partition coefficient (Wildman–Crippen LogP) is 7.03. The zero-order valence-electron chi connectivity index (χ0n) is 18.9. The van der Waals surface area contributed by atoms with Crippen molar-refractivity contribution in [3.05, 3.63) is 12.7 Å². The Labute approximate surface area is 170 Å². The van der Waals surface area contributed by atoms with E-state index in [2.05, 4.69) is 50.8 Å². The Morgan fingerprint density at radius 2 is 0.889 bits per heavy atom. The Balaban J connectivity index is 3.68. The van der Waals surface area contributed by atoms with Crippen LogP contribution < -0.4 is 4.23 Å². The van der Waals surface area contributed by atoms with Gasteiger partial charge in [-0.2, -0.15) is 0 Å². The molecule has 0 bridgehead atoms. The topological polar surface area (TPSA) is 41.9 Å². The van der Waals surface area contributed by atoms with E-state index in [1.807, 2.05) is 0 Å². The van der Waals surface area contributed by atoms with Crippen LogP contribution in [0.5, 0.6) is 0 Å². The number of hydrogen-bond donors (Lipinski definition) is 0. The molecule has 0 radical (unpaired) electrons. The molecule has 156 valence electrons. The monoisotopic (exact) mass is 408 g/mol. The molecule has 0 aliphatic rings. The van der Waals surface area contributed by atoms with Crippen LogP contribution in [0.2, 0.25) is 36.3 Å². The van der Waals surface area contributed by atoms with Gasteiger partial charge in [0.05, 0.1) is 0 Å². The molecule has 0 saturated carbocycles. The zero-order chi connectivity index (χ0) is 20.2. The van der Waals surface area contributed by atoms with Gasteiger partial charge in [0.15, 0.2) is 16.5 Å². The molecule has 0 unspecified atom stereocenters. The maximum absolute atomic E-state index is 4.78. The second-order valence-electron chi connectivity index (χ2n) is 8.22. The van der Waals surface area contributed by atoms with Crippen LogP contribution in [0.4, 0.5) is 5.95 Å². The molecule has 1 rings (SSSR count). The highest BCUT2D eigenvalue weighted by atomic mass is 28.4. The van der Waals surface area contributed by atoms with Crippen molar-refractivity contribution in [2.75, 3.05) is 4.23 Å². The average molecular weight is 409 g/mol. The summed E-state index contributed by atoms with van der Waals surface area (Å²) in [6.07, 6.45) is 11.1. The first-order chi connectivity index (χ1) is 13.1. The van der Waals surface area contributed by atoms with Crippen molar-refractivity contribution in [3.8, 4) is 0 Å². The third-order valence-electron chi connectivity index (χ3n) is 5.92. The highest BCUT2D eigenvalue weighted by Gasteiger charge is 2.50. The molecule has 1 heterocycles. The van der Waals surface area contributed by atoms with Crippen LogP contribution >= 0.6 is 0 Å². The lowest BCUT2D eigenvalue weighted by Crippen LogP contribution is -2.68. The summed E-state index contributed by atoms with van der Waals surface area (Å²) in [4.78, 5) is 13.7. The molecule has 27 heavy (non-hydrogen) atoms. The summed E-state index contributed by atoms with van der Waals surface area (Å²) >= 11 is 0. The minimum atomic E-state index is -1.67. The Bertz CT molecular complexity index is 438. The number of rotatable bonds is 15. The second-order valence-corrected chi connectivity index (χ2v) is 17.5. The average Bonchev–Trinajstić information content (AvgIpc) is 2.64. The molecule has 0 fully saturated rings. The summed E-state index contributed by atoms with van der Waals surface area (Å²) in [5.41, 5.74) is 0.